The highest BCUT2D eigenvalue weighted by Crippen LogP contribution is 2.24. The van der Waals surface area contributed by atoms with E-state index in [4.69, 9.17) is 0 Å². The van der Waals surface area contributed by atoms with Gasteiger partial charge in [0.2, 0.25) is 0 Å². The fourth-order valence-electron chi connectivity index (χ4n) is 1.83. The number of aryl methyl sites for hydroxylation is 1. The molecule has 3 aromatic rings. The lowest BCUT2D eigenvalue weighted by atomic mass is 10.3. The normalized spacial score (nSPS) is 10.7. The minimum absolute atomic E-state index is 0.242. The molecule has 0 spiro atoms. The van der Waals surface area contributed by atoms with Gasteiger partial charge in [0.15, 0.2) is 0 Å². The highest BCUT2D eigenvalue weighted by atomic mass is 16.3. The van der Waals surface area contributed by atoms with Crippen molar-refractivity contribution >= 4 is 22.5 Å². The SMILES string of the molecule is Cc1nc(Nc2ccc(O)cc2)c2cc[nH]c2n1. The van der Waals surface area contributed by atoms with Crippen molar-refractivity contribution in [1.82, 2.24) is 15.0 Å². The van der Waals surface area contributed by atoms with E-state index >= 15 is 0 Å². The molecule has 5 nitrogen and oxygen atoms in total. The molecule has 18 heavy (non-hydrogen) atoms. The summed E-state index contributed by atoms with van der Waals surface area (Å²) in [5.41, 5.74) is 1.68. The van der Waals surface area contributed by atoms with Gasteiger partial charge in [-0.1, -0.05) is 0 Å². The van der Waals surface area contributed by atoms with Gasteiger partial charge >= 0.3 is 0 Å². The Morgan fingerprint density at radius 3 is 2.67 bits per heavy atom. The molecule has 0 amide bonds. The Hall–Kier alpha value is -2.56. The summed E-state index contributed by atoms with van der Waals surface area (Å²) in [7, 11) is 0. The summed E-state index contributed by atoms with van der Waals surface area (Å²) in [6, 6.07) is 8.78. The van der Waals surface area contributed by atoms with Gasteiger partial charge in [-0.3, -0.25) is 0 Å². The van der Waals surface area contributed by atoms with Crippen molar-refractivity contribution in [1.29, 1.82) is 0 Å². The number of aromatic hydroxyl groups is 1. The molecule has 0 aliphatic rings. The van der Waals surface area contributed by atoms with Crippen molar-refractivity contribution in [2.45, 2.75) is 6.92 Å². The quantitative estimate of drug-likeness (QED) is 0.602. The third-order valence-electron chi connectivity index (χ3n) is 2.66. The van der Waals surface area contributed by atoms with Gasteiger partial charge in [-0.15, -0.1) is 0 Å². The Bertz CT molecular complexity index is 688. The summed E-state index contributed by atoms with van der Waals surface area (Å²) in [6.45, 7) is 1.85. The molecule has 0 saturated heterocycles. The fraction of sp³-hybridized carbons (Fsp3) is 0.0769. The van der Waals surface area contributed by atoms with E-state index in [0.717, 1.165) is 22.5 Å². The first-order valence-corrected chi connectivity index (χ1v) is 5.60. The number of hydrogen-bond donors (Lipinski definition) is 3. The Morgan fingerprint density at radius 2 is 1.89 bits per heavy atom. The van der Waals surface area contributed by atoms with Crippen LogP contribution in [0.3, 0.4) is 0 Å². The second-order valence-electron chi connectivity index (χ2n) is 4.03. The number of hydrogen-bond acceptors (Lipinski definition) is 4. The van der Waals surface area contributed by atoms with Gasteiger partial charge in [0, 0.05) is 11.9 Å². The van der Waals surface area contributed by atoms with Crippen LogP contribution in [-0.4, -0.2) is 20.1 Å². The van der Waals surface area contributed by atoms with Gasteiger partial charge in [-0.25, -0.2) is 9.97 Å². The number of H-pyrrole nitrogens is 1. The summed E-state index contributed by atoms with van der Waals surface area (Å²) >= 11 is 0. The third kappa shape index (κ3) is 1.86. The zero-order valence-corrected chi connectivity index (χ0v) is 9.81. The average Bonchev–Trinajstić information content (AvgIpc) is 2.80. The average molecular weight is 240 g/mol. The van der Waals surface area contributed by atoms with E-state index in [9.17, 15) is 5.11 Å². The lowest BCUT2D eigenvalue weighted by Gasteiger charge is -2.07. The Morgan fingerprint density at radius 1 is 1.11 bits per heavy atom. The zero-order chi connectivity index (χ0) is 12.5. The minimum Gasteiger partial charge on any atom is -0.508 e. The van der Waals surface area contributed by atoms with Crippen LogP contribution in [-0.2, 0) is 0 Å². The van der Waals surface area contributed by atoms with Crippen LogP contribution in [0.1, 0.15) is 5.82 Å². The molecule has 0 bridgehead atoms. The number of phenols is 1. The maximum Gasteiger partial charge on any atom is 0.143 e. The molecular weight excluding hydrogens is 228 g/mol. The van der Waals surface area contributed by atoms with Gasteiger partial charge in [-0.2, -0.15) is 0 Å². The molecule has 3 rings (SSSR count). The summed E-state index contributed by atoms with van der Waals surface area (Å²) in [6.07, 6.45) is 1.83. The maximum atomic E-state index is 9.25. The molecule has 0 aliphatic heterocycles. The number of anilines is 2. The number of benzene rings is 1. The van der Waals surface area contributed by atoms with E-state index in [1.807, 2.05) is 19.2 Å². The van der Waals surface area contributed by atoms with E-state index in [-0.39, 0.29) is 5.75 Å². The van der Waals surface area contributed by atoms with Crippen molar-refractivity contribution in [3.8, 4) is 5.75 Å². The van der Waals surface area contributed by atoms with E-state index < -0.39 is 0 Å². The number of rotatable bonds is 2. The van der Waals surface area contributed by atoms with Crippen molar-refractivity contribution in [2.75, 3.05) is 5.32 Å². The second-order valence-corrected chi connectivity index (χ2v) is 4.03. The van der Waals surface area contributed by atoms with Crippen LogP contribution in [0.4, 0.5) is 11.5 Å². The van der Waals surface area contributed by atoms with Crippen LogP contribution in [0.5, 0.6) is 5.75 Å². The van der Waals surface area contributed by atoms with Crippen molar-refractivity contribution in [3.63, 3.8) is 0 Å². The molecule has 0 saturated carbocycles. The van der Waals surface area contributed by atoms with Gasteiger partial charge < -0.3 is 15.4 Å². The number of aromatic amines is 1. The first kappa shape index (κ1) is 10.6. The van der Waals surface area contributed by atoms with Crippen LogP contribution in [0, 0.1) is 6.92 Å². The van der Waals surface area contributed by atoms with Crippen LogP contribution in [0.15, 0.2) is 36.5 Å². The number of fused-ring (bicyclic) bond motifs is 1. The number of phenolic OH excluding ortho intramolecular Hbond substituents is 1. The highest BCUT2D eigenvalue weighted by Gasteiger charge is 2.06. The van der Waals surface area contributed by atoms with Crippen molar-refractivity contribution in [2.24, 2.45) is 0 Å². The molecular formula is C13H12N4O. The molecule has 1 aromatic carbocycles. The Balaban J connectivity index is 2.03. The molecule has 3 N–H and O–H groups in total. The van der Waals surface area contributed by atoms with Crippen LogP contribution < -0.4 is 5.32 Å². The number of nitrogens with one attached hydrogen (secondary N) is 2. The minimum atomic E-state index is 0.242. The fourth-order valence-corrected chi connectivity index (χ4v) is 1.83. The molecule has 2 aromatic heterocycles. The zero-order valence-electron chi connectivity index (χ0n) is 9.81. The Labute approximate surface area is 104 Å². The van der Waals surface area contributed by atoms with Crippen molar-refractivity contribution < 1.29 is 5.11 Å². The molecule has 2 heterocycles. The lowest BCUT2D eigenvalue weighted by Crippen LogP contribution is -1.97. The molecule has 0 fully saturated rings. The van der Waals surface area contributed by atoms with Crippen molar-refractivity contribution in [3.05, 3.63) is 42.4 Å². The largest absolute Gasteiger partial charge is 0.508 e. The summed E-state index contributed by atoms with van der Waals surface area (Å²) in [4.78, 5) is 11.8. The summed E-state index contributed by atoms with van der Waals surface area (Å²) in [5.74, 6) is 1.70. The first-order valence-electron chi connectivity index (χ1n) is 5.60. The molecule has 5 heteroatoms. The van der Waals surface area contributed by atoms with E-state index in [0.29, 0.717) is 5.82 Å². The van der Waals surface area contributed by atoms with Gasteiger partial charge in [-0.05, 0) is 37.3 Å². The smallest absolute Gasteiger partial charge is 0.143 e. The van der Waals surface area contributed by atoms with Gasteiger partial charge in [0.05, 0.1) is 5.39 Å². The summed E-state index contributed by atoms with van der Waals surface area (Å²) in [5, 5.41) is 13.4. The lowest BCUT2D eigenvalue weighted by molar-refractivity contribution is 0.475. The van der Waals surface area contributed by atoms with Gasteiger partial charge in [0.25, 0.3) is 0 Å². The molecule has 0 aliphatic carbocycles. The summed E-state index contributed by atoms with van der Waals surface area (Å²) < 4.78 is 0. The molecule has 90 valence electrons. The van der Waals surface area contributed by atoms with Crippen LogP contribution in [0.2, 0.25) is 0 Å². The molecule has 0 atom stereocenters. The highest BCUT2D eigenvalue weighted by molar-refractivity contribution is 5.88. The molecule has 0 radical (unpaired) electrons. The van der Waals surface area contributed by atoms with E-state index in [1.54, 1.807) is 24.3 Å². The first-order chi connectivity index (χ1) is 8.72. The topological polar surface area (TPSA) is 73.8 Å². The van der Waals surface area contributed by atoms with Crippen LogP contribution in [0.25, 0.3) is 11.0 Å². The van der Waals surface area contributed by atoms with E-state index in [1.165, 1.54) is 0 Å². The monoisotopic (exact) mass is 240 g/mol. The number of aromatic nitrogens is 3. The predicted molar refractivity (Wildman–Crippen MR) is 70.0 cm³/mol. The standard InChI is InChI=1S/C13H12N4O/c1-8-15-12-11(6-7-14-12)13(16-8)17-9-2-4-10(18)5-3-9/h2-7,18H,1H3,(H2,14,15,16,17). The Kier molecular flexibility index (Phi) is 2.37. The van der Waals surface area contributed by atoms with Gasteiger partial charge in [0.1, 0.15) is 23.0 Å². The third-order valence-corrected chi connectivity index (χ3v) is 2.66. The maximum absolute atomic E-state index is 9.25. The molecule has 0 unspecified atom stereocenters. The number of nitrogens with zero attached hydrogens (tertiary/aromatic N) is 2. The van der Waals surface area contributed by atoms with E-state index in [2.05, 4.69) is 20.3 Å². The van der Waals surface area contributed by atoms with Crippen LogP contribution >= 0.6 is 0 Å². The predicted octanol–water partition coefficient (Wildman–Crippen LogP) is 2.72. The second kappa shape index (κ2) is 4.03.